The Labute approximate surface area is 176 Å². The van der Waals surface area contributed by atoms with Crippen LogP contribution in [0.3, 0.4) is 0 Å². The van der Waals surface area contributed by atoms with Crippen molar-refractivity contribution in [3.8, 4) is 11.3 Å². The van der Waals surface area contributed by atoms with E-state index in [1.54, 1.807) is 11.0 Å². The quantitative estimate of drug-likeness (QED) is 0.622. The summed E-state index contributed by atoms with van der Waals surface area (Å²) in [6.45, 7) is 3.93. The van der Waals surface area contributed by atoms with Gasteiger partial charge >= 0.3 is 0 Å². The molecule has 1 aliphatic rings. The van der Waals surface area contributed by atoms with Gasteiger partial charge in [0.15, 0.2) is 5.76 Å². The van der Waals surface area contributed by atoms with E-state index in [1.807, 2.05) is 42.5 Å². The molecule has 1 N–H and O–H groups in total. The van der Waals surface area contributed by atoms with Crippen LogP contribution in [0.4, 0.5) is 0 Å². The molecule has 1 saturated heterocycles. The minimum atomic E-state index is -0.140. The topological polar surface area (TPSA) is 75.4 Å². The van der Waals surface area contributed by atoms with Crippen LogP contribution < -0.4 is 5.32 Å². The van der Waals surface area contributed by atoms with Crippen molar-refractivity contribution in [2.24, 2.45) is 5.92 Å². The van der Waals surface area contributed by atoms with Crippen molar-refractivity contribution < 1.29 is 14.1 Å². The number of carbonyl (C=O) groups excluding carboxylic acids is 2. The molecule has 1 aromatic heterocycles. The van der Waals surface area contributed by atoms with Crippen LogP contribution in [0.5, 0.6) is 0 Å². The molecule has 2 amide bonds. The number of unbranched alkanes of at least 4 members (excludes halogenated alkanes) is 1. The van der Waals surface area contributed by atoms with Crippen LogP contribution in [0.15, 0.2) is 53.1 Å². The highest BCUT2D eigenvalue weighted by atomic mass is 16.5. The molecule has 1 fully saturated rings. The van der Waals surface area contributed by atoms with E-state index in [0.29, 0.717) is 31.0 Å². The SMILES string of the molecule is CCCCNC(=O)C1CCCN(C(=O)c2ccc3noc(-c4ccccc4)c3c2)C1. The van der Waals surface area contributed by atoms with Crippen molar-refractivity contribution in [3.05, 3.63) is 54.1 Å². The summed E-state index contributed by atoms with van der Waals surface area (Å²) in [7, 11) is 0. The van der Waals surface area contributed by atoms with Gasteiger partial charge in [-0.15, -0.1) is 0 Å². The maximum atomic E-state index is 13.2. The van der Waals surface area contributed by atoms with Crippen LogP contribution in [-0.2, 0) is 4.79 Å². The molecule has 0 radical (unpaired) electrons. The van der Waals surface area contributed by atoms with Crippen LogP contribution in [0.25, 0.3) is 22.2 Å². The maximum Gasteiger partial charge on any atom is 0.253 e. The number of aromatic nitrogens is 1. The number of nitrogens with zero attached hydrogens (tertiary/aromatic N) is 2. The van der Waals surface area contributed by atoms with Crippen molar-refractivity contribution in [1.82, 2.24) is 15.4 Å². The minimum absolute atomic E-state index is 0.0526. The second-order valence-electron chi connectivity index (χ2n) is 7.84. The highest BCUT2D eigenvalue weighted by Gasteiger charge is 2.29. The Hall–Kier alpha value is -3.15. The molecule has 1 aliphatic heterocycles. The van der Waals surface area contributed by atoms with Crippen molar-refractivity contribution in [3.63, 3.8) is 0 Å². The minimum Gasteiger partial charge on any atom is -0.356 e. The van der Waals surface area contributed by atoms with Gasteiger partial charge in [-0.05, 0) is 37.5 Å². The number of amides is 2. The van der Waals surface area contributed by atoms with Gasteiger partial charge in [-0.3, -0.25) is 9.59 Å². The first-order chi connectivity index (χ1) is 14.7. The number of hydrogen-bond donors (Lipinski definition) is 1. The third kappa shape index (κ3) is 4.22. The molecule has 156 valence electrons. The summed E-state index contributed by atoms with van der Waals surface area (Å²) in [5, 5.41) is 7.94. The molecule has 0 bridgehead atoms. The van der Waals surface area contributed by atoms with E-state index in [2.05, 4.69) is 17.4 Å². The molecule has 0 spiro atoms. The fourth-order valence-corrected chi connectivity index (χ4v) is 3.96. The Morgan fingerprint density at radius 3 is 2.83 bits per heavy atom. The van der Waals surface area contributed by atoms with Crippen LogP contribution in [0, 0.1) is 5.92 Å². The third-order valence-electron chi connectivity index (χ3n) is 5.67. The molecule has 3 aromatic rings. The molecule has 30 heavy (non-hydrogen) atoms. The van der Waals surface area contributed by atoms with Crippen molar-refractivity contribution in [2.75, 3.05) is 19.6 Å². The first-order valence-corrected chi connectivity index (χ1v) is 10.7. The first-order valence-electron chi connectivity index (χ1n) is 10.7. The molecule has 4 rings (SSSR count). The average Bonchev–Trinajstić information content (AvgIpc) is 3.22. The van der Waals surface area contributed by atoms with Crippen molar-refractivity contribution in [2.45, 2.75) is 32.6 Å². The molecule has 1 atom stereocenters. The van der Waals surface area contributed by atoms with Crippen LogP contribution >= 0.6 is 0 Å². The van der Waals surface area contributed by atoms with Gasteiger partial charge in [0.2, 0.25) is 5.91 Å². The summed E-state index contributed by atoms with van der Waals surface area (Å²) in [6, 6.07) is 15.2. The van der Waals surface area contributed by atoms with E-state index in [0.717, 1.165) is 42.1 Å². The largest absolute Gasteiger partial charge is 0.356 e. The Kier molecular flexibility index (Phi) is 6.12. The van der Waals surface area contributed by atoms with Gasteiger partial charge in [-0.25, -0.2) is 0 Å². The Balaban J connectivity index is 1.52. The number of benzene rings is 2. The number of nitrogens with one attached hydrogen (secondary N) is 1. The van der Waals surface area contributed by atoms with Crippen LogP contribution in [0.1, 0.15) is 43.0 Å². The summed E-state index contributed by atoms with van der Waals surface area (Å²) in [5.74, 6) is 0.524. The van der Waals surface area contributed by atoms with E-state index < -0.39 is 0 Å². The van der Waals surface area contributed by atoms with E-state index in [-0.39, 0.29) is 17.7 Å². The Morgan fingerprint density at radius 2 is 2.03 bits per heavy atom. The van der Waals surface area contributed by atoms with Gasteiger partial charge in [0, 0.05) is 30.8 Å². The highest BCUT2D eigenvalue weighted by Crippen LogP contribution is 2.30. The molecular weight excluding hydrogens is 378 g/mol. The lowest BCUT2D eigenvalue weighted by atomic mass is 9.96. The lowest BCUT2D eigenvalue weighted by molar-refractivity contribution is -0.126. The fraction of sp³-hybridized carbons (Fsp3) is 0.375. The van der Waals surface area contributed by atoms with Crippen LogP contribution in [-0.4, -0.2) is 41.5 Å². The fourth-order valence-electron chi connectivity index (χ4n) is 3.96. The van der Waals surface area contributed by atoms with Gasteiger partial charge in [-0.1, -0.05) is 48.8 Å². The van der Waals surface area contributed by atoms with Crippen molar-refractivity contribution >= 4 is 22.7 Å². The van der Waals surface area contributed by atoms with Gasteiger partial charge in [0.25, 0.3) is 5.91 Å². The summed E-state index contributed by atoms with van der Waals surface area (Å²) < 4.78 is 5.55. The second kappa shape index (κ2) is 9.11. The van der Waals surface area contributed by atoms with E-state index in [9.17, 15) is 9.59 Å². The zero-order chi connectivity index (χ0) is 20.9. The lowest BCUT2D eigenvalue weighted by Gasteiger charge is -2.32. The summed E-state index contributed by atoms with van der Waals surface area (Å²) in [5.41, 5.74) is 2.23. The van der Waals surface area contributed by atoms with Gasteiger partial charge in [0.1, 0.15) is 5.52 Å². The highest BCUT2D eigenvalue weighted by molar-refractivity contribution is 6.01. The first kappa shape index (κ1) is 20.1. The standard InChI is InChI=1S/C24H27N3O3/c1-2-3-13-25-23(28)19-10-7-14-27(16-19)24(29)18-11-12-21-20(15-18)22(30-26-21)17-8-5-4-6-9-17/h4-6,8-9,11-12,15,19H,2-3,7,10,13-14,16H2,1H3,(H,25,28). The number of rotatable bonds is 6. The Bertz CT molecular complexity index is 1030. The smallest absolute Gasteiger partial charge is 0.253 e. The predicted octanol–water partition coefficient (Wildman–Crippen LogP) is 4.26. The molecule has 2 heterocycles. The average molecular weight is 405 g/mol. The summed E-state index contributed by atoms with van der Waals surface area (Å²) >= 11 is 0. The maximum absolute atomic E-state index is 13.2. The van der Waals surface area contributed by atoms with E-state index in [1.165, 1.54) is 0 Å². The zero-order valence-corrected chi connectivity index (χ0v) is 17.3. The number of carbonyl (C=O) groups is 2. The number of hydrogen-bond acceptors (Lipinski definition) is 4. The van der Waals surface area contributed by atoms with E-state index >= 15 is 0 Å². The molecule has 2 aromatic carbocycles. The molecular formula is C24H27N3O3. The van der Waals surface area contributed by atoms with Gasteiger partial charge in [0.05, 0.1) is 11.3 Å². The molecule has 0 saturated carbocycles. The monoisotopic (exact) mass is 405 g/mol. The molecule has 6 nitrogen and oxygen atoms in total. The molecule has 6 heteroatoms. The zero-order valence-electron chi connectivity index (χ0n) is 17.3. The van der Waals surface area contributed by atoms with Crippen LogP contribution in [0.2, 0.25) is 0 Å². The molecule has 1 unspecified atom stereocenters. The second-order valence-corrected chi connectivity index (χ2v) is 7.84. The summed E-state index contributed by atoms with van der Waals surface area (Å²) in [4.78, 5) is 27.4. The van der Waals surface area contributed by atoms with Crippen molar-refractivity contribution in [1.29, 1.82) is 0 Å². The summed E-state index contributed by atoms with van der Waals surface area (Å²) in [6.07, 6.45) is 3.68. The van der Waals surface area contributed by atoms with E-state index in [4.69, 9.17) is 4.52 Å². The Morgan fingerprint density at radius 1 is 1.20 bits per heavy atom. The normalized spacial score (nSPS) is 16.6. The predicted molar refractivity (Wildman–Crippen MR) is 116 cm³/mol. The van der Waals surface area contributed by atoms with Gasteiger partial charge in [-0.2, -0.15) is 0 Å². The number of likely N-dealkylation sites (tertiary alicyclic amines) is 1. The molecule has 0 aliphatic carbocycles. The lowest BCUT2D eigenvalue weighted by Crippen LogP contribution is -2.45. The third-order valence-corrected chi connectivity index (χ3v) is 5.67. The van der Waals surface area contributed by atoms with Gasteiger partial charge < -0.3 is 14.7 Å². The number of piperidine rings is 1. The number of fused-ring (bicyclic) bond motifs is 1.